The molecule has 1 aromatic rings. The van der Waals surface area contributed by atoms with E-state index in [9.17, 15) is 4.79 Å². The number of aromatic nitrogens is 1. The van der Waals surface area contributed by atoms with Gasteiger partial charge in [0.15, 0.2) is 0 Å². The van der Waals surface area contributed by atoms with Gasteiger partial charge in [0.1, 0.15) is 0 Å². The van der Waals surface area contributed by atoms with Gasteiger partial charge in [-0.2, -0.15) is 0 Å². The van der Waals surface area contributed by atoms with E-state index in [1.54, 1.807) is 13.3 Å². The van der Waals surface area contributed by atoms with Gasteiger partial charge in [-0.05, 0) is 56.2 Å². The smallest absolute Gasteiger partial charge is 0.210 e. The molecule has 1 saturated heterocycles. The van der Waals surface area contributed by atoms with Crippen molar-refractivity contribution in [2.45, 2.75) is 65.8 Å². The first-order valence-electron chi connectivity index (χ1n) is 9.06. The molecule has 0 radical (unpaired) electrons. The average Bonchev–Trinajstić information content (AvgIpc) is 3.07. The van der Waals surface area contributed by atoms with E-state index in [0.29, 0.717) is 0 Å². The summed E-state index contributed by atoms with van der Waals surface area (Å²) in [6.07, 6.45) is 12.5. The first-order valence-corrected chi connectivity index (χ1v) is 9.06. The van der Waals surface area contributed by atoms with Crippen molar-refractivity contribution in [2.24, 2.45) is 0 Å². The van der Waals surface area contributed by atoms with E-state index in [1.807, 2.05) is 37.9 Å². The number of amides is 1. The van der Waals surface area contributed by atoms with E-state index in [4.69, 9.17) is 0 Å². The van der Waals surface area contributed by atoms with Gasteiger partial charge in [-0.25, -0.2) is 0 Å². The van der Waals surface area contributed by atoms with Gasteiger partial charge in [-0.1, -0.05) is 33.4 Å². The predicted octanol–water partition coefficient (Wildman–Crippen LogP) is 4.95. The second-order valence-electron chi connectivity index (χ2n) is 5.88. The Kier molecular flexibility index (Phi) is 11.8. The molecule has 1 aromatic heterocycles. The number of carbonyl (C=O) groups is 1. The van der Waals surface area contributed by atoms with Gasteiger partial charge in [0.05, 0.1) is 0 Å². The molecule has 1 spiro atoms. The molecule has 2 aliphatic rings. The van der Waals surface area contributed by atoms with Gasteiger partial charge < -0.3 is 9.64 Å². The van der Waals surface area contributed by atoms with Crippen LogP contribution in [0, 0.1) is 0 Å². The molecule has 0 bridgehead atoms. The number of allylic oxidation sites excluding steroid dienone is 1. The third-order valence-electron chi connectivity index (χ3n) is 4.69. The lowest BCUT2D eigenvalue weighted by atomic mass is 9.79. The molecule has 3 rings (SSSR count). The lowest BCUT2D eigenvalue weighted by molar-refractivity contribution is -0.122. The SMILES string of the molecule is C.CC.CCOC.O=CN1CCCC12CC=C(c1cccnc1)CC2. The molecular formula is C21H36N2O2. The van der Waals surface area contributed by atoms with E-state index < -0.39 is 0 Å². The number of hydrogen-bond acceptors (Lipinski definition) is 3. The maximum atomic E-state index is 11.1. The summed E-state index contributed by atoms with van der Waals surface area (Å²) in [5, 5.41) is 0. The minimum absolute atomic E-state index is 0. The largest absolute Gasteiger partial charge is 0.385 e. The zero-order valence-corrected chi connectivity index (χ0v) is 15.6. The van der Waals surface area contributed by atoms with Crippen LogP contribution in [-0.2, 0) is 9.53 Å². The zero-order chi connectivity index (χ0) is 17.8. The summed E-state index contributed by atoms with van der Waals surface area (Å²) in [4.78, 5) is 17.3. The maximum Gasteiger partial charge on any atom is 0.210 e. The third-order valence-corrected chi connectivity index (χ3v) is 4.69. The Morgan fingerprint density at radius 2 is 2.08 bits per heavy atom. The van der Waals surface area contributed by atoms with Crippen LogP contribution in [0.4, 0.5) is 0 Å². The van der Waals surface area contributed by atoms with Crippen molar-refractivity contribution >= 4 is 12.0 Å². The summed E-state index contributed by atoms with van der Waals surface area (Å²) in [5.41, 5.74) is 2.72. The van der Waals surface area contributed by atoms with Crippen LogP contribution < -0.4 is 0 Å². The third kappa shape index (κ3) is 6.28. The first kappa shape index (κ1) is 23.3. The van der Waals surface area contributed by atoms with Crippen molar-refractivity contribution in [3.05, 3.63) is 36.2 Å². The summed E-state index contributed by atoms with van der Waals surface area (Å²) < 4.78 is 4.54. The molecule has 1 aliphatic carbocycles. The van der Waals surface area contributed by atoms with Crippen LogP contribution in [0.5, 0.6) is 0 Å². The highest BCUT2D eigenvalue weighted by molar-refractivity contribution is 5.66. The van der Waals surface area contributed by atoms with Gasteiger partial charge in [-0.3, -0.25) is 9.78 Å². The van der Waals surface area contributed by atoms with Gasteiger partial charge in [0, 0.05) is 38.2 Å². The molecule has 1 amide bonds. The molecule has 142 valence electrons. The van der Waals surface area contributed by atoms with E-state index in [-0.39, 0.29) is 13.0 Å². The number of carbonyl (C=O) groups excluding carboxylic acids is 1. The summed E-state index contributed by atoms with van der Waals surface area (Å²) in [6, 6.07) is 4.09. The van der Waals surface area contributed by atoms with Crippen LogP contribution >= 0.6 is 0 Å². The highest BCUT2D eigenvalue weighted by Crippen LogP contribution is 2.42. The fourth-order valence-electron chi connectivity index (χ4n) is 3.31. The number of pyridine rings is 1. The molecule has 4 heteroatoms. The van der Waals surface area contributed by atoms with Crippen LogP contribution in [0.3, 0.4) is 0 Å². The Labute approximate surface area is 154 Å². The predicted molar refractivity (Wildman–Crippen MR) is 106 cm³/mol. The topological polar surface area (TPSA) is 42.4 Å². The normalized spacial score (nSPS) is 21.1. The molecule has 1 atom stereocenters. The first-order chi connectivity index (χ1) is 11.8. The number of rotatable bonds is 3. The molecule has 1 unspecified atom stereocenters. The molecule has 0 N–H and O–H groups in total. The van der Waals surface area contributed by atoms with Crippen molar-refractivity contribution in [2.75, 3.05) is 20.3 Å². The second-order valence-corrected chi connectivity index (χ2v) is 5.88. The highest BCUT2D eigenvalue weighted by Gasteiger charge is 2.40. The van der Waals surface area contributed by atoms with Crippen LogP contribution in [0.15, 0.2) is 30.6 Å². The molecule has 25 heavy (non-hydrogen) atoms. The fraction of sp³-hybridized carbons (Fsp3) is 0.619. The van der Waals surface area contributed by atoms with Gasteiger partial charge in [0.25, 0.3) is 0 Å². The minimum Gasteiger partial charge on any atom is -0.385 e. The number of ether oxygens (including phenoxy) is 1. The number of hydrogen-bond donors (Lipinski definition) is 0. The Morgan fingerprint density at radius 1 is 1.36 bits per heavy atom. The van der Waals surface area contributed by atoms with E-state index in [2.05, 4.69) is 21.9 Å². The van der Waals surface area contributed by atoms with Crippen LogP contribution in [-0.4, -0.2) is 42.1 Å². The fourth-order valence-corrected chi connectivity index (χ4v) is 3.31. The Balaban J connectivity index is 0.000000730. The van der Waals surface area contributed by atoms with Crippen LogP contribution in [0.2, 0.25) is 0 Å². The van der Waals surface area contributed by atoms with Crippen molar-refractivity contribution < 1.29 is 9.53 Å². The molecule has 4 nitrogen and oxygen atoms in total. The van der Waals surface area contributed by atoms with Gasteiger partial charge in [0.2, 0.25) is 6.41 Å². The lowest BCUT2D eigenvalue weighted by Gasteiger charge is -2.38. The molecular weight excluding hydrogens is 312 g/mol. The van der Waals surface area contributed by atoms with Crippen molar-refractivity contribution in [3.8, 4) is 0 Å². The minimum atomic E-state index is 0. The number of likely N-dealkylation sites (tertiary alicyclic amines) is 1. The number of nitrogens with zero attached hydrogens (tertiary/aromatic N) is 2. The highest BCUT2D eigenvalue weighted by atomic mass is 16.5. The quantitative estimate of drug-likeness (QED) is 0.725. The standard InChI is InChI=1S/C15H18N2O.C3H8O.C2H6.CH4/c18-12-17-10-2-6-15(17)7-4-13(5-8-15)14-3-1-9-16-11-14;1-3-4-2;1-2;/h1,3-4,9,11-12H,2,5-8,10H2;3H2,1-2H3;1-2H3;1H4. The lowest BCUT2D eigenvalue weighted by Crippen LogP contribution is -2.43. The van der Waals surface area contributed by atoms with Crippen molar-refractivity contribution in [1.82, 2.24) is 9.88 Å². The maximum absolute atomic E-state index is 11.1. The van der Waals surface area contributed by atoms with Crippen LogP contribution in [0.1, 0.15) is 65.9 Å². The van der Waals surface area contributed by atoms with E-state index in [1.165, 1.54) is 11.1 Å². The number of methoxy groups -OCH3 is 1. The molecule has 1 fully saturated rings. The van der Waals surface area contributed by atoms with Gasteiger partial charge >= 0.3 is 0 Å². The van der Waals surface area contributed by atoms with Crippen molar-refractivity contribution in [1.29, 1.82) is 0 Å². The van der Waals surface area contributed by atoms with Gasteiger partial charge in [-0.15, -0.1) is 0 Å². The Hall–Kier alpha value is -1.68. The summed E-state index contributed by atoms with van der Waals surface area (Å²) in [6.45, 7) is 7.71. The Bertz CT molecular complexity index is 500. The molecule has 0 saturated carbocycles. The van der Waals surface area contributed by atoms with E-state index in [0.717, 1.165) is 51.7 Å². The van der Waals surface area contributed by atoms with Crippen LogP contribution in [0.25, 0.3) is 5.57 Å². The molecule has 1 aliphatic heterocycles. The zero-order valence-electron chi connectivity index (χ0n) is 15.6. The Morgan fingerprint density at radius 3 is 2.56 bits per heavy atom. The second kappa shape index (κ2) is 12.6. The molecule has 0 aromatic carbocycles. The van der Waals surface area contributed by atoms with E-state index >= 15 is 0 Å². The van der Waals surface area contributed by atoms with Crippen molar-refractivity contribution in [3.63, 3.8) is 0 Å². The summed E-state index contributed by atoms with van der Waals surface area (Å²) in [7, 11) is 1.68. The molecule has 2 heterocycles. The average molecular weight is 349 g/mol. The summed E-state index contributed by atoms with van der Waals surface area (Å²) in [5.74, 6) is 0. The summed E-state index contributed by atoms with van der Waals surface area (Å²) >= 11 is 0. The monoisotopic (exact) mass is 348 g/mol.